The standard InChI is InChI=1S/C17H17BrN2O4/c1-22-13-6-4-5-12(9-13)17(21)20-19-10-11-7-14(18)16(24-3)15(8-11)23-2/h4-10H,1-3H3,(H,20,21)/b19-10+. The van der Waals surface area contributed by atoms with Gasteiger partial charge in [0.15, 0.2) is 11.5 Å². The molecule has 6 nitrogen and oxygen atoms in total. The Morgan fingerprint density at radius 3 is 2.58 bits per heavy atom. The average molecular weight is 393 g/mol. The van der Waals surface area contributed by atoms with Crippen molar-refractivity contribution in [2.75, 3.05) is 21.3 Å². The number of benzene rings is 2. The maximum Gasteiger partial charge on any atom is 0.271 e. The summed E-state index contributed by atoms with van der Waals surface area (Å²) in [5, 5.41) is 3.96. The quantitative estimate of drug-likeness (QED) is 0.605. The molecule has 0 fully saturated rings. The lowest BCUT2D eigenvalue weighted by atomic mass is 10.2. The van der Waals surface area contributed by atoms with E-state index in [4.69, 9.17) is 14.2 Å². The number of nitrogens with zero attached hydrogens (tertiary/aromatic N) is 1. The molecule has 0 bridgehead atoms. The summed E-state index contributed by atoms with van der Waals surface area (Å²) >= 11 is 3.40. The Bertz CT molecular complexity index is 762. The zero-order chi connectivity index (χ0) is 17.5. The second-order valence-corrected chi connectivity index (χ2v) is 5.52. The van der Waals surface area contributed by atoms with Gasteiger partial charge in [0, 0.05) is 5.56 Å². The van der Waals surface area contributed by atoms with Crippen molar-refractivity contribution in [3.63, 3.8) is 0 Å². The van der Waals surface area contributed by atoms with Gasteiger partial charge in [-0.15, -0.1) is 0 Å². The highest BCUT2D eigenvalue weighted by atomic mass is 79.9. The fraction of sp³-hybridized carbons (Fsp3) is 0.176. The summed E-state index contributed by atoms with van der Waals surface area (Å²) in [7, 11) is 4.66. The first kappa shape index (κ1) is 17.8. The molecule has 2 rings (SSSR count). The molecule has 7 heteroatoms. The van der Waals surface area contributed by atoms with Crippen molar-refractivity contribution in [2.45, 2.75) is 0 Å². The third-order valence-electron chi connectivity index (χ3n) is 3.17. The molecule has 0 radical (unpaired) electrons. The van der Waals surface area contributed by atoms with Crippen molar-refractivity contribution in [2.24, 2.45) is 5.10 Å². The molecule has 1 N–H and O–H groups in total. The van der Waals surface area contributed by atoms with E-state index in [1.54, 1.807) is 51.7 Å². The fourth-order valence-corrected chi connectivity index (χ4v) is 2.63. The van der Waals surface area contributed by atoms with Gasteiger partial charge in [0.05, 0.1) is 32.0 Å². The van der Waals surface area contributed by atoms with Crippen LogP contribution in [0.5, 0.6) is 17.2 Å². The maximum atomic E-state index is 12.1. The van der Waals surface area contributed by atoms with Gasteiger partial charge in [0.1, 0.15) is 5.75 Å². The summed E-state index contributed by atoms with van der Waals surface area (Å²) in [6.07, 6.45) is 1.52. The molecule has 0 saturated heterocycles. The van der Waals surface area contributed by atoms with Crippen LogP contribution in [0.15, 0.2) is 46.0 Å². The number of amides is 1. The van der Waals surface area contributed by atoms with Crippen molar-refractivity contribution < 1.29 is 19.0 Å². The van der Waals surface area contributed by atoms with Gasteiger partial charge in [-0.1, -0.05) is 6.07 Å². The normalized spacial score (nSPS) is 10.5. The van der Waals surface area contributed by atoms with E-state index in [1.165, 1.54) is 6.21 Å². The van der Waals surface area contributed by atoms with Crippen LogP contribution in [-0.4, -0.2) is 33.5 Å². The van der Waals surface area contributed by atoms with Crippen LogP contribution in [0.3, 0.4) is 0 Å². The molecule has 0 aliphatic carbocycles. The van der Waals surface area contributed by atoms with E-state index in [9.17, 15) is 4.79 Å². The highest BCUT2D eigenvalue weighted by Crippen LogP contribution is 2.35. The molecule has 2 aromatic rings. The summed E-state index contributed by atoms with van der Waals surface area (Å²) in [6.45, 7) is 0. The molecule has 2 aromatic carbocycles. The van der Waals surface area contributed by atoms with E-state index in [-0.39, 0.29) is 5.91 Å². The van der Waals surface area contributed by atoms with E-state index in [0.717, 1.165) is 10.0 Å². The summed E-state index contributed by atoms with van der Waals surface area (Å²) in [6, 6.07) is 10.4. The Morgan fingerprint density at radius 2 is 1.92 bits per heavy atom. The molecular weight excluding hydrogens is 376 g/mol. The van der Waals surface area contributed by atoms with E-state index in [1.807, 2.05) is 6.07 Å². The second-order valence-electron chi connectivity index (χ2n) is 4.67. The SMILES string of the molecule is COc1cccc(C(=O)N/N=C/c2cc(Br)c(OC)c(OC)c2)c1. The van der Waals surface area contributed by atoms with Gasteiger partial charge in [-0.25, -0.2) is 5.43 Å². The minimum absolute atomic E-state index is 0.329. The summed E-state index contributed by atoms with van der Waals surface area (Å²) in [5.41, 5.74) is 3.67. The topological polar surface area (TPSA) is 69.2 Å². The van der Waals surface area contributed by atoms with Crippen molar-refractivity contribution in [3.8, 4) is 17.2 Å². The minimum Gasteiger partial charge on any atom is -0.497 e. The number of ether oxygens (including phenoxy) is 3. The molecule has 24 heavy (non-hydrogen) atoms. The number of methoxy groups -OCH3 is 3. The maximum absolute atomic E-state index is 12.1. The van der Waals surface area contributed by atoms with Gasteiger partial charge >= 0.3 is 0 Å². The van der Waals surface area contributed by atoms with Gasteiger partial charge in [0.25, 0.3) is 5.91 Å². The highest BCUT2D eigenvalue weighted by molar-refractivity contribution is 9.10. The van der Waals surface area contributed by atoms with Gasteiger partial charge in [-0.3, -0.25) is 4.79 Å². The Labute approximate surface area is 148 Å². The number of carbonyl (C=O) groups is 1. The summed E-state index contributed by atoms with van der Waals surface area (Å²) in [4.78, 5) is 12.1. The van der Waals surface area contributed by atoms with Gasteiger partial charge in [-0.2, -0.15) is 5.10 Å². The van der Waals surface area contributed by atoms with Crippen LogP contribution in [0.1, 0.15) is 15.9 Å². The number of rotatable bonds is 6. The van der Waals surface area contributed by atoms with Crippen LogP contribution in [0.25, 0.3) is 0 Å². The van der Waals surface area contributed by atoms with Gasteiger partial charge in [-0.05, 0) is 51.8 Å². The summed E-state index contributed by atoms with van der Waals surface area (Å²) in [5.74, 6) is 1.43. The molecule has 0 heterocycles. The molecule has 1 amide bonds. The average Bonchev–Trinajstić information content (AvgIpc) is 2.61. The monoisotopic (exact) mass is 392 g/mol. The smallest absolute Gasteiger partial charge is 0.271 e. The Morgan fingerprint density at radius 1 is 1.12 bits per heavy atom. The molecule has 0 atom stereocenters. The van der Waals surface area contributed by atoms with Crippen molar-refractivity contribution in [3.05, 3.63) is 52.0 Å². The molecule has 0 spiro atoms. The predicted molar refractivity (Wildman–Crippen MR) is 95.3 cm³/mol. The highest BCUT2D eigenvalue weighted by Gasteiger charge is 2.10. The van der Waals surface area contributed by atoms with Crippen molar-refractivity contribution in [1.29, 1.82) is 0 Å². The number of halogens is 1. The van der Waals surface area contributed by atoms with Crippen LogP contribution < -0.4 is 19.6 Å². The number of hydrogen-bond donors (Lipinski definition) is 1. The molecule has 0 saturated carbocycles. The van der Waals surface area contributed by atoms with Gasteiger partial charge < -0.3 is 14.2 Å². The lowest BCUT2D eigenvalue weighted by molar-refractivity contribution is 0.0955. The molecule has 126 valence electrons. The van der Waals surface area contributed by atoms with E-state index < -0.39 is 0 Å². The largest absolute Gasteiger partial charge is 0.497 e. The summed E-state index contributed by atoms with van der Waals surface area (Å²) < 4.78 is 16.3. The number of hydrazone groups is 1. The van der Waals surface area contributed by atoms with Gasteiger partial charge in [0.2, 0.25) is 0 Å². The third kappa shape index (κ3) is 4.26. The third-order valence-corrected chi connectivity index (χ3v) is 3.76. The van der Waals surface area contributed by atoms with Crippen LogP contribution in [0.4, 0.5) is 0 Å². The molecular formula is C17H17BrN2O4. The van der Waals surface area contributed by atoms with Crippen LogP contribution in [0, 0.1) is 0 Å². The Hall–Kier alpha value is -2.54. The second kappa shape index (κ2) is 8.35. The van der Waals surface area contributed by atoms with Crippen LogP contribution in [-0.2, 0) is 0 Å². The van der Waals surface area contributed by atoms with E-state index >= 15 is 0 Å². The number of nitrogens with one attached hydrogen (secondary N) is 1. The lowest BCUT2D eigenvalue weighted by Crippen LogP contribution is -2.17. The van der Waals surface area contributed by atoms with Crippen LogP contribution >= 0.6 is 15.9 Å². The number of carbonyl (C=O) groups excluding carboxylic acids is 1. The Kier molecular flexibility index (Phi) is 6.20. The molecule has 0 aliphatic heterocycles. The number of hydrogen-bond acceptors (Lipinski definition) is 5. The predicted octanol–water partition coefficient (Wildman–Crippen LogP) is 3.24. The zero-order valence-electron chi connectivity index (χ0n) is 13.5. The first-order chi connectivity index (χ1) is 11.6. The van der Waals surface area contributed by atoms with E-state index in [2.05, 4.69) is 26.5 Å². The van der Waals surface area contributed by atoms with Crippen LogP contribution in [0.2, 0.25) is 0 Å². The molecule has 0 unspecified atom stereocenters. The van der Waals surface area contributed by atoms with E-state index in [0.29, 0.717) is 22.8 Å². The van der Waals surface area contributed by atoms with Crippen molar-refractivity contribution in [1.82, 2.24) is 5.43 Å². The Balaban J connectivity index is 2.11. The lowest BCUT2D eigenvalue weighted by Gasteiger charge is -2.10. The first-order valence-electron chi connectivity index (χ1n) is 6.98. The minimum atomic E-state index is -0.329. The fourth-order valence-electron chi connectivity index (χ4n) is 2.01. The molecule has 0 aromatic heterocycles. The molecule has 0 aliphatic rings. The van der Waals surface area contributed by atoms with Crippen molar-refractivity contribution >= 4 is 28.1 Å². The first-order valence-corrected chi connectivity index (χ1v) is 7.77. The zero-order valence-corrected chi connectivity index (χ0v) is 15.1.